The molecule has 0 aliphatic carbocycles. The van der Waals surface area contributed by atoms with Crippen LogP contribution in [-0.4, -0.2) is 16.1 Å². The van der Waals surface area contributed by atoms with E-state index in [0.717, 1.165) is 15.6 Å². The van der Waals surface area contributed by atoms with E-state index in [9.17, 15) is 9.90 Å². The lowest BCUT2D eigenvalue weighted by Gasteiger charge is -2.16. The van der Waals surface area contributed by atoms with Crippen LogP contribution in [0.15, 0.2) is 18.2 Å². The smallest absolute Gasteiger partial charge is 0.337 e. The van der Waals surface area contributed by atoms with Crippen LogP contribution < -0.4 is 5.32 Å². The van der Waals surface area contributed by atoms with Gasteiger partial charge in [-0.2, -0.15) is 0 Å². The minimum absolute atomic E-state index is 0.0134. The summed E-state index contributed by atoms with van der Waals surface area (Å²) in [5.74, 6) is -1.00. The molecule has 0 fully saturated rings. The van der Waals surface area contributed by atoms with E-state index in [1.807, 2.05) is 20.8 Å². The summed E-state index contributed by atoms with van der Waals surface area (Å²) < 4.78 is 0. The summed E-state index contributed by atoms with van der Waals surface area (Å²) in [6, 6.07) is 4.80. The van der Waals surface area contributed by atoms with E-state index in [4.69, 9.17) is 11.6 Å². The maximum Gasteiger partial charge on any atom is 0.337 e. The molecule has 0 radical (unpaired) electrons. The molecule has 0 spiro atoms. The standard InChI is InChI=1S/C14H15ClN2O2S/c1-7-13(20-9(3)16-7)8(2)17-12-5-4-10(15)6-11(12)14(18)19/h4-6,8,17H,1-3H3,(H,18,19). The molecule has 0 saturated heterocycles. The zero-order valence-electron chi connectivity index (χ0n) is 11.4. The van der Waals surface area contributed by atoms with Crippen molar-refractivity contribution >= 4 is 34.6 Å². The second-order valence-corrected chi connectivity index (χ2v) is 6.21. The molecule has 0 aliphatic heterocycles. The van der Waals surface area contributed by atoms with Crippen LogP contribution in [0.3, 0.4) is 0 Å². The number of anilines is 1. The van der Waals surface area contributed by atoms with Crippen LogP contribution in [0.2, 0.25) is 5.02 Å². The first-order valence-corrected chi connectivity index (χ1v) is 7.31. The number of hydrogen-bond donors (Lipinski definition) is 2. The van der Waals surface area contributed by atoms with Gasteiger partial charge in [-0.05, 0) is 39.0 Å². The van der Waals surface area contributed by atoms with Crippen LogP contribution in [0.5, 0.6) is 0 Å². The highest BCUT2D eigenvalue weighted by atomic mass is 35.5. The van der Waals surface area contributed by atoms with Gasteiger partial charge in [0.15, 0.2) is 0 Å². The van der Waals surface area contributed by atoms with E-state index in [-0.39, 0.29) is 11.6 Å². The first-order valence-electron chi connectivity index (χ1n) is 6.11. The molecule has 1 heterocycles. The fraction of sp³-hybridized carbons (Fsp3) is 0.286. The van der Waals surface area contributed by atoms with Crippen molar-refractivity contribution < 1.29 is 9.90 Å². The quantitative estimate of drug-likeness (QED) is 0.884. The van der Waals surface area contributed by atoms with Gasteiger partial charge in [-0.3, -0.25) is 0 Å². The van der Waals surface area contributed by atoms with Gasteiger partial charge in [0.1, 0.15) is 0 Å². The summed E-state index contributed by atoms with van der Waals surface area (Å²) in [7, 11) is 0. The zero-order chi connectivity index (χ0) is 14.9. The Bertz CT molecular complexity index is 655. The maximum absolute atomic E-state index is 11.3. The Morgan fingerprint density at radius 3 is 2.70 bits per heavy atom. The average molecular weight is 311 g/mol. The zero-order valence-corrected chi connectivity index (χ0v) is 13.0. The summed E-state index contributed by atoms with van der Waals surface area (Å²) in [6.07, 6.45) is 0. The van der Waals surface area contributed by atoms with Gasteiger partial charge in [0, 0.05) is 15.6 Å². The third-order valence-corrected chi connectivity index (χ3v) is 4.41. The number of aromatic nitrogens is 1. The molecule has 2 aromatic rings. The molecule has 2 rings (SSSR count). The van der Waals surface area contributed by atoms with Crippen molar-refractivity contribution in [3.63, 3.8) is 0 Å². The third-order valence-electron chi connectivity index (χ3n) is 2.92. The van der Waals surface area contributed by atoms with E-state index in [1.165, 1.54) is 6.07 Å². The number of aryl methyl sites for hydroxylation is 2. The number of nitrogens with one attached hydrogen (secondary N) is 1. The van der Waals surface area contributed by atoms with E-state index >= 15 is 0 Å². The van der Waals surface area contributed by atoms with E-state index in [0.29, 0.717) is 10.7 Å². The van der Waals surface area contributed by atoms with E-state index < -0.39 is 5.97 Å². The summed E-state index contributed by atoms with van der Waals surface area (Å²) in [4.78, 5) is 16.7. The van der Waals surface area contributed by atoms with Crippen molar-refractivity contribution in [2.75, 3.05) is 5.32 Å². The van der Waals surface area contributed by atoms with Crippen molar-refractivity contribution in [1.82, 2.24) is 4.98 Å². The first kappa shape index (κ1) is 14.8. The highest BCUT2D eigenvalue weighted by molar-refractivity contribution is 7.11. The van der Waals surface area contributed by atoms with Crippen LogP contribution in [0.1, 0.15) is 38.9 Å². The molecular weight excluding hydrogens is 296 g/mol. The lowest BCUT2D eigenvalue weighted by Crippen LogP contribution is -2.10. The Labute approximate surface area is 126 Å². The molecule has 6 heteroatoms. The third kappa shape index (κ3) is 3.11. The Morgan fingerprint density at radius 2 is 2.15 bits per heavy atom. The van der Waals surface area contributed by atoms with Crippen molar-refractivity contribution in [3.8, 4) is 0 Å². The monoisotopic (exact) mass is 310 g/mol. The Balaban J connectivity index is 2.30. The molecule has 1 aromatic carbocycles. The number of nitrogens with zero attached hydrogens (tertiary/aromatic N) is 1. The molecule has 2 N–H and O–H groups in total. The molecule has 20 heavy (non-hydrogen) atoms. The van der Waals surface area contributed by atoms with Gasteiger partial charge < -0.3 is 10.4 Å². The molecule has 106 valence electrons. The highest BCUT2D eigenvalue weighted by Gasteiger charge is 2.16. The molecule has 4 nitrogen and oxygen atoms in total. The van der Waals surface area contributed by atoms with Gasteiger partial charge >= 0.3 is 5.97 Å². The Kier molecular flexibility index (Phi) is 4.30. The molecule has 1 atom stereocenters. The van der Waals surface area contributed by atoms with Gasteiger partial charge in [0.05, 0.1) is 22.3 Å². The SMILES string of the molecule is Cc1nc(C)c(C(C)Nc2ccc(Cl)cc2C(=O)O)s1. The van der Waals surface area contributed by atoms with Gasteiger partial charge in [-0.25, -0.2) is 9.78 Å². The van der Waals surface area contributed by atoms with Crippen molar-refractivity contribution in [2.45, 2.75) is 26.8 Å². The molecule has 0 aliphatic rings. The number of benzene rings is 1. The fourth-order valence-electron chi connectivity index (χ4n) is 2.07. The second kappa shape index (κ2) is 5.81. The maximum atomic E-state index is 11.3. The van der Waals surface area contributed by atoms with Crippen LogP contribution >= 0.6 is 22.9 Å². The van der Waals surface area contributed by atoms with Crippen molar-refractivity contribution in [2.24, 2.45) is 0 Å². The molecule has 0 saturated carbocycles. The molecular formula is C14H15ClN2O2S. The predicted octanol–water partition coefficient (Wildman–Crippen LogP) is 4.28. The van der Waals surface area contributed by atoms with Crippen molar-refractivity contribution in [1.29, 1.82) is 0 Å². The normalized spacial score (nSPS) is 12.2. The molecule has 0 amide bonds. The van der Waals surface area contributed by atoms with Gasteiger partial charge in [0.2, 0.25) is 0 Å². The second-order valence-electron chi connectivity index (χ2n) is 4.54. The number of aromatic carboxylic acids is 1. The number of carboxylic acid groups (broad SMARTS) is 1. The number of hydrogen-bond acceptors (Lipinski definition) is 4. The van der Waals surface area contributed by atoms with Gasteiger partial charge in [-0.15, -0.1) is 11.3 Å². The molecule has 0 bridgehead atoms. The fourth-order valence-corrected chi connectivity index (χ4v) is 3.17. The topological polar surface area (TPSA) is 62.2 Å². The number of thiazole rings is 1. The number of halogens is 1. The van der Waals surface area contributed by atoms with Gasteiger partial charge in [0.25, 0.3) is 0 Å². The lowest BCUT2D eigenvalue weighted by molar-refractivity contribution is 0.0698. The number of carboxylic acids is 1. The summed E-state index contributed by atoms with van der Waals surface area (Å²) in [5.41, 5.74) is 1.70. The lowest BCUT2D eigenvalue weighted by atomic mass is 10.1. The molecule has 1 aromatic heterocycles. The minimum Gasteiger partial charge on any atom is -0.478 e. The van der Waals surface area contributed by atoms with E-state index in [2.05, 4.69) is 10.3 Å². The first-order chi connectivity index (χ1) is 9.38. The Hall–Kier alpha value is -1.59. The average Bonchev–Trinajstić information content (AvgIpc) is 2.70. The van der Waals surface area contributed by atoms with Crippen molar-refractivity contribution in [3.05, 3.63) is 44.4 Å². The minimum atomic E-state index is -1.00. The van der Waals surface area contributed by atoms with Crippen LogP contribution in [0.4, 0.5) is 5.69 Å². The van der Waals surface area contributed by atoms with Crippen LogP contribution in [0.25, 0.3) is 0 Å². The Morgan fingerprint density at radius 1 is 1.45 bits per heavy atom. The number of rotatable bonds is 4. The van der Waals surface area contributed by atoms with Gasteiger partial charge in [-0.1, -0.05) is 11.6 Å². The van der Waals surface area contributed by atoms with Crippen LogP contribution in [-0.2, 0) is 0 Å². The van der Waals surface area contributed by atoms with Crippen LogP contribution in [0, 0.1) is 13.8 Å². The summed E-state index contributed by atoms with van der Waals surface area (Å²) in [6.45, 7) is 5.90. The van der Waals surface area contributed by atoms with E-state index in [1.54, 1.807) is 23.5 Å². The number of carbonyl (C=O) groups is 1. The summed E-state index contributed by atoms with van der Waals surface area (Å²) >= 11 is 7.46. The molecule has 1 unspecified atom stereocenters. The summed E-state index contributed by atoms with van der Waals surface area (Å²) in [5, 5.41) is 13.9. The predicted molar refractivity (Wildman–Crippen MR) is 82.0 cm³/mol. The highest BCUT2D eigenvalue weighted by Crippen LogP contribution is 2.29. The largest absolute Gasteiger partial charge is 0.478 e.